The number of likely N-dealkylation sites (tertiary alicyclic amines) is 1. The molecular formula is C20H32N4O2S. The van der Waals surface area contributed by atoms with Gasteiger partial charge in [0.1, 0.15) is 0 Å². The first-order chi connectivity index (χ1) is 12.8. The summed E-state index contributed by atoms with van der Waals surface area (Å²) in [7, 11) is -3.09. The zero-order valence-electron chi connectivity index (χ0n) is 16.7. The van der Waals surface area contributed by atoms with Crippen molar-refractivity contribution in [1.82, 2.24) is 14.5 Å². The van der Waals surface area contributed by atoms with E-state index in [0.717, 1.165) is 38.4 Å². The predicted molar refractivity (Wildman–Crippen MR) is 110 cm³/mol. The van der Waals surface area contributed by atoms with E-state index in [0.29, 0.717) is 25.6 Å². The van der Waals surface area contributed by atoms with Crippen LogP contribution in [0.15, 0.2) is 35.3 Å². The van der Waals surface area contributed by atoms with Crippen molar-refractivity contribution in [3.63, 3.8) is 0 Å². The highest BCUT2D eigenvalue weighted by atomic mass is 32.2. The minimum Gasteiger partial charge on any atom is -0.357 e. The van der Waals surface area contributed by atoms with Gasteiger partial charge in [-0.05, 0) is 31.2 Å². The first kappa shape index (κ1) is 20.1. The number of hydrogen-bond acceptors (Lipinski definition) is 3. The molecule has 0 saturated carbocycles. The SMILES string of the molecule is CCNC(=NCC1CCN(S(C)(=O)=O)C1)N1CCC(C)(c2ccccc2)C1. The summed E-state index contributed by atoms with van der Waals surface area (Å²) in [6.45, 7) is 9.05. The molecule has 2 aliphatic rings. The molecule has 7 heteroatoms. The van der Waals surface area contributed by atoms with Crippen LogP contribution >= 0.6 is 0 Å². The van der Waals surface area contributed by atoms with Gasteiger partial charge >= 0.3 is 0 Å². The van der Waals surface area contributed by atoms with Crippen LogP contribution in [-0.4, -0.2) is 69.1 Å². The Morgan fingerprint density at radius 2 is 2.04 bits per heavy atom. The van der Waals surface area contributed by atoms with E-state index in [1.807, 2.05) is 0 Å². The summed E-state index contributed by atoms with van der Waals surface area (Å²) in [6, 6.07) is 10.7. The molecule has 1 N–H and O–H groups in total. The van der Waals surface area contributed by atoms with E-state index < -0.39 is 10.0 Å². The molecule has 3 rings (SSSR count). The molecule has 0 amide bonds. The van der Waals surface area contributed by atoms with Gasteiger partial charge in [-0.15, -0.1) is 0 Å². The quantitative estimate of drug-likeness (QED) is 0.614. The second-order valence-electron chi connectivity index (χ2n) is 8.07. The fourth-order valence-corrected chi connectivity index (χ4v) is 5.03. The third-order valence-electron chi connectivity index (χ3n) is 5.80. The third-order valence-corrected chi connectivity index (χ3v) is 7.07. The van der Waals surface area contributed by atoms with E-state index in [1.54, 1.807) is 4.31 Å². The Labute approximate surface area is 163 Å². The van der Waals surface area contributed by atoms with E-state index in [2.05, 4.69) is 54.4 Å². The third kappa shape index (κ3) is 4.82. The van der Waals surface area contributed by atoms with E-state index in [9.17, 15) is 8.42 Å². The molecule has 150 valence electrons. The molecule has 2 unspecified atom stereocenters. The van der Waals surface area contributed by atoms with E-state index in [4.69, 9.17) is 4.99 Å². The van der Waals surface area contributed by atoms with Crippen molar-refractivity contribution < 1.29 is 8.42 Å². The van der Waals surface area contributed by atoms with Crippen molar-refractivity contribution in [2.45, 2.75) is 32.1 Å². The lowest BCUT2D eigenvalue weighted by molar-refractivity contribution is 0.434. The predicted octanol–water partition coefficient (Wildman–Crippen LogP) is 1.90. The van der Waals surface area contributed by atoms with Crippen molar-refractivity contribution in [3.05, 3.63) is 35.9 Å². The molecule has 2 aliphatic heterocycles. The Kier molecular flexibility index (Phi) is 6.11. The lowest BCUT2D eigenvalue weighted by Crippen LogP contribution is -2.42. The Bertz CT molecular complexity index is 765. The van der Waals surface area contributed by atoms with Crippen LogP contribution in [0.4, 0.5) is 0 Å². The average molecular weight is 393 g/mol. The van der Waals surface area contributed by atoms with Crippen LogP contribution in [0.25, 0.3) is 0 Å². The second-order valence-corrected chi connectivity index (χ2v) is 10.1. The minimum atomic E-state index is -3.09. The molecule has 2 atom stereocenters. The molecule has 1 aromatic rings. The van der Waals surface area contributed by atoms with Crippen molar-refractivity contribution >= 4 is 16.0 Å². The number of hydrogen-bond donors (Lipinski definition) is 1. The lowest BCUT2D eigenvalue weighted by atomic mass is 9.82. The minimum absolute atomic E-state index is 0.137. The standard InChI is InChI=1S/C20H32N4O2S/c1-4-21-19(22-14-17-10-12-24(15-17)27(3,25)26)23-13-11-20(2,16-23)18-8-6-5-7-9-18/h5-9,17H,4,10-16H2,1-3H3,(H,21,22). The van der Waals surface area contributed by atoms with Gasteiger partial charge in [0.15, 0.2) is 5.96 Å². The van der Waals surface area contributed by atoms with Gasteiger partial charge in [-0.2, -0.15) is 0 Å². The van der Waals surface area contributed by atoms with Crippen LogP contribution in [0, 0.1) is 5.92 Å². The molecule has 0 bridgehead atoms. The molecular weight excluding hydrogens is 360 g/mol. The first-order valence-corrected chi connectivity index (χ1v) is 11.7. The summed E-state index contributed by atoms with van der Waals surface area (Å²) >= 11 is 0. The highest BCUT2D eigenvalue weighted by Gasteiger charge is 2.36. The van der Waals surface area contributed by atoms with Gasteiger partial charge in [0, 0.05) is 44.7 Å². The van der Waals surface area contributed by atoms with Crippen molar-refractivity contribution in [2.24, 2.45) is 10.9 Å². The molecule has 2 saturated heterocycles. The Morgan fingerprint density at radius 3 is 2.67 bits per heavy atom. The molecule has 6 nitrogen and oxygen atoms in total. The normalized spacial score (nSPS) is 27.3. The topological polar surface area (TPSA) is 65.0 Å². The number of aliphatic imine (C=N–C) groups is 1. The molecule has 0 spiro atoms. The highest BCUT2D eigenvalue weighted by Crippen LogP contribution is 2.34. The van der Waals surface area contributed by atoms with Crippen molar-refractivity contribution in [2.75, 3.05) is 45.5 Å². The molecule has 2 fully saturated rings. The largest absolute Gasteiger partial charge is 0.357 e. The maximum Gasteiger partial charge on any atom is 0.211 e. The van der Waals surface area contributed by atoms with E-state index in [-0.39, 0.29) is 5.41 Å². The summed E-state index contributed by atoms with van der Waals surface area (Å²) in [5.74, 6) is 1.26. The van der Waals surface area contributed by atoms with Gasteiger partial charge in [-0.1, -0.05) is 37.3 Å². The average Bonchev–Trinajstić information content (AvgIpc) is 3.27. The lowest BCUT2D eigenvalue weighted by Gasteiger charge is -2.27. The molecule has 2 heterocycles. The van der Waals surface area contributed by atoms with Gasteiger partial charge in [0.25, 0.3) is 0 Å². The molecule has 0 aliphatic carbocycles. The van der Waals surface area contributed by atoms with E-state index in [1.165, 1.54) is 11.8 Å². The number of nitrogens with zero attached hydrogens (tertiary/aromatic N) is 3. The van der Waals surface area contributed by atoms with Crippen molar-refractivity contribution in [1.29, 1.82) is 0 Å². The smallest absolute Gasteiger partial charge is 0.211 e. The van der Waals surface area contributed by atoms with E-state index >= 15 is 0 Å². The number of rotatable bonds is 5. The summed E-state index contributed by atoms with van der Waals surface area (Å²) in [4.78, 5) is 7.21. The highest BCUT2D eigenvalue weighted by molar-refractivity contribution is 7.88. The fourth-order valence-electron chi connectivity index (χ4n) is 4.11. The van der Waals surface area contributed by atoms with Crippen LogP contribution in [0.1, 0.15) is 32.3 Å². The van der Waals surface area contributed by atoms with Crippen LogP contribution in [0.3, 0.4) is 0 Å². The monoisotopic (exact) mass is 392 g/mol. The molecule has 0 aromatic heterocycles. The maximum atomic E-state index is 11.7. The van der Waals surface area contributed by atoms with Crippen LogP contribution in [-0.2, 0) is 15.4 Å². The van der Waals surface area contributed by atoms with Gasteiger partial charge in [0.2, 0.25) is 10.0 Å². The maximum absolute atomic E-state index is 11.7. The number of sulfonamides is 1. The van der Waals surface area contributed by atoms with Gasteiger partial charge in [0.05, 0.1) is 6.26 Å². The van der Waals surface area contributed by atoms with Gasteiger partial charge in [-0.25, -0.2) is 12.7 Å². The molecule has 1 aromatic carbocycles. The van der Waals surface area contributed by atoms with Crippen LogP contribution in [0.5, 0.6) is 0 Å². The summed E-state index contributed by atoms with van der Waals surface area (Å²) < 4.78 is 25.0. The van der Waals surface area contributed by atoms with Crippen LogP contribution in [0.2, 0.25) is 0 Å². The summed E-state index contributed by atoms with van der Waals surface area (Å²) in [5.41, 5.74) is 1.51. The second kappa shape index (κ2) is 8.19. The Morgan fingerprint density at radius 1 is 1.30 bits per heavy atom. The van der Waals surface area contributed by atoms with Gasteiger partial charge in [-0.3, -0.25) is 4.99 Å². The summed E-state index contributed by atoms with van der Waals surface area (Å²) in [5, 5.41) is 3.42. The molecule has 0 radical (unpaired) electrons. The zero-order valence-corrected chi connectivity index (χ0v) is 17.5. The molecule has 27 heavy (non-hydrogen) atoms. The Hall–Kier alpha value is -1.60. The first-order valence-electron chi connectivity index (χ1n) is 9.86. The van der Waals surface area contributed by atoms with Gasteiger partial charge < -0.3 is 10.2 Å². The fraction of sp³-hybridized carbons (Fsp3) is 0.650. The number of guanidine groups is 1. The number of benzene rings is 1. The van der Waals surface area contributed by atoms with Crippen molar-refractivity contribution in [3.8, 4) is 0 Å². The zero-order chi connectivity index (χ0) is 19.5. The summed E-state index contributed by atoms with van der Waals surface area (Å²) in [6.07, 6.45) is 3.28. The Balaban J connectivity index is 1.65. The number of nitrogens with one attached hydrogen (secondary N) is 1. The van der Waals surface area contributed by atoms with Crippen LogP contribution < -0.4 is 5.32 Å².